The number of aryl methyl sites for hydroxylation is 1. The Hall–Kier alpha value is -1.50. The van der Waals surface area contributed by atoms with Crippen molar-refractivity contribution in [2.75, 3.05) is 5.32 Å². The molecule has 0 aliphatic rings. The van der Waals surface area contributed by atoms with E-state index in [1.54, 1.807) is 12.3 Å². The van der Waals surface area contributed by atoms with Gasteiger partial charge in [-0.05, 0) is 30.0 Å². The van der Waals surface area contributed by atoms with Gasteiger partial charge in [0.25, 0.3) is 5.91 Å². The molecule has 20 heavy (non-hydrogen) atoms. The fourth-order valence-corrected chi connectivity index (χ4v) is 3.02. The highest BCUT2D eigenvalue weighted by molar-refractivity contribution is 7.80. The zero-order valence-corrected chi connectivity index (χ0v) is 12.8. The summed E-state index contributed by atoms with van der Waals surface area (Å²) >= 11 is 12.0. The lowest BCUT2D eigenvalue weighted by molar-refractivity contribution is 0.103. The normalized spacial score (nSPS) is 10.3. The highest BCUT2D eigenvalue weighted by atomic mass is 35.5. The molecule has 1 amide bonds. The predicted molar refractivity (Wildman–Crippen MR) is 84.3 cm³/mol. The van der Waals surface area contributed by atoms with Crippen LogP contribution in [-0.4, -0.2) is 10.9 Å². The van der Waals surface area contributed by atoms with Gasteiger partial charge in [-0.2, -0.15) is 0 Å². The van der Waals surface area contributed by atoms with Crippen LogP contribution >= 0.6 is 35.2 Å². The number of carbonyl (C=O) groups is 1. The Morgan fingerprint density at radius 2 is 2.20 bits per heavy atom. The minimum absolute atomic E-state index is 0.0141. The summed E-state index contributed by atoms with van der Waals surface area (Å²) in [5.41, 5.74) is 6.54. The summed E-state index contributed by atoms with van der Waals surface area (Å²) in [6.07, 6.45) is 0. The Bertz CT molecular complexity index is 700. The van der Waals surface area contributed by atoms with E-state index in [2.05, 4.69) is 5.32 Å². The lowest BCUT2D eigenvalue weighted by Gasteiger charge is -2.10. The van der Waals surface area contributed by atoms with Crippen LogP contribution in [-0.2, 0) is 0 Å². The van der Waals surface area contributed by atoms with Gasteiger partial charge < -0.3 is 11.1 Å². The number of thiocarbonyl (C=S) groups is 1. The van der Waals surface area contributed by atoms with E-state index >= 15 is 0 Å². The molecular formula is C13H10ClFN2OS2. The van der Waals surface area contributed by atoms with E-state index in [0.717, 1.165) is 5.56 Å². The second-order valence-electron chi connectivity index (χ2n) is 4.04. The first-order chi connectivity index (χ1) is 9.41. The van der Waals surface area contributed by atoms with Gasteiger partial charge in [0.1, 0.15) is 15.7 Å². The Morgan fingerprint density at radius 3 is 2.75 bits per heavy atom. The molecule has 3 nitrogen and oxygen atoms in total. The molecule has 0 fully saturated rings. The van der Waals surface area contributed by atoms with Crippen molar-refractivity contribution in [1.82, 2.24) is 0 Å². The Morgan fingerprint density at radius 1 is 1.50 bits per heavy atom. The topological polar surface area (TPSA) is 55.1 Å². The number of amides is 1. The van der Waals surface area contributed by atoms with Crippen LogP contribution in [0.3, 0.4) is 0 Å². The molecular weight excluding hydrogens is 319 g/mol. The molecule has 0 radical (unpaired) electrons. The van der Waals surface area contributed by atoms with E-state index in [1.165, 1.54) is 29.5 Å². The quantitative estimate of drug-likeness (QED) is 0.844. The number of halogens is 2. The predicted octanol–water partition coefficient (Wildman–Crippen LogP) is 3.74. The van der Waals surface area contributed by atoms with Crippen molar-refractivity contribution in [3.8, 4) is 0 Å². The average Bonchev–Trinajstić information content (AvgIpc) is 2.69. The highest BCUT2D eigenvalue weighted by Gasteiger charge is 2.18. The second-order valence-corrected chi connectivity index (χ2v) is 5.74. The number of hydrogen-bond acceptors (Lipinski definition) is 3. The summed E-state index contributed by atoms with van der Waals surface area (Å²) in [6.45, 7) is 1.80. The monoisotopic (exact) mass is 328 g/mol. The zero-order chi connectivity index (χ0) is 14.9. The van der Waals surface area contributed by atoms with Crippen LogP contribution in [0.2, 0.25) is 5.02 Å². The van der Waals surface area contributed by atoms with Crippen LogP contribution in [0.1, 0.15) is 20.8 Å². The Kier molecular flexibility index (Phi) is 4.37. The Balaban J connectivity index is 2.36. The fourth-order valence-electron chi connectivity index (χ4n) is 1.64. The number of anilines is 1. The SMILES string of the molecule is Cc1csc(C(=O)Nc2cccc(F)c2C(N)=S)c1Cl. The van der Waals surface area contributed by atoms with E-state index in [0.29, 0.717) is 9.90 Å². The number of thiophene rings is 1. The smallest absolute Gasteiger partial charge is 0.267 e. The molecule has 1 aromatic heterocycles. The van der Waals surface area contributed by atoms with Crippen molar-refractivity contribution in [3.63, 3.8) is 0 Å². The molecule has 7 heteroatoms. The number of hydrogen-bond donors (Lipinski definition) is 2. The van der Waals surface area contributed by atoms with Crippen molar-refractivity contribution in [3.05, 3.63) is 50.4 Å². The Labute approximate surface area is 129 Å². The maximum Gasteiger partial charge on any atom is 0.267 e. The van der Waals surface area contributed by atoms with Gasteiger partial charge in [0, 0.05) is 0 Å². The molecule has 0 atom stereocenters. The molecule has 3 N–H and O–H groups in total. The van der Waals surface area contributed by atoms with Crippen LogP contribution in [0.5, 0.6) is 0 Å². The van der Waals surface area contributed by atoms with Gasteiger partial charge in [0.05, 0.1) is 16.3 Å². The maximum atomic E-state index is 13.7. The highest BCUT2D eigenvalue weighted by Crippen LogP contribution is 2.28. The number of rotatable bonds is 3. The molecule has 0 saturated carbocycles. The summed E-state index contributed by atoms with van der Waals surface area (Å²) in [5.74, 6) is -1.00. The van der Waals surface area contributed by atoms with E-state index in [-0.39, 0.29) is 16.2 Å². The molecule has 2 rings (SSSR count). The molecule has 1 aromatic carbocycles. The van der Waals surface area contributed by atoms with Gasteiger partial charge >= 0.3 is 0 Å². The third-order valence-corrected chi connectivity index (χ3v) is 4.51. The summed E-state index contributed by atoms with van der Waals surface area (Å²) in [4.78, 5) is 12.4. The third-order valence-electron chi connectivity index (χ3n) is 2.61. The summed E-state index contributed by atoms with van der Waals surface area (Å²) < 4.78 is 13.7. The van der Waals surface area contributed by atoms with Crippen LogP contribution in [0.4, 0.5) is 10.1 Å². The molecule has 0 aliphatic heterocycles. The first kappa shape index (κ1) is 14.9. The van der Waals surface area contributed by atoms with Crippen LogP contribution in [0, 0.1) is 12.7 Å². The van der Waals surface area contributed by atoms with Gasteiger partial charge in [-0.1, -0.05) is 29.9 Å². The molecule has 0 saturated heterocycles. The minimum atomic E-state index is -0.580. The van der Waals surface area contributed by atoms with E-state index < -0.39 is 11.7 Å². The van der Waals surface area contributed by atoms with Gasteiger partial charge in [0.2, 0.25) is 0 Å². The fraction of sp³-hybridized carbons (Fsp3) is 0.0769. The molecule has 2 aromatic rings. The lowest BCUT2D eigenvalue weighted by Crippen LogP contribution is -2.18. The molecule has 1 heterocycles. The molecule has 0 bridgehead atoms. The lowest BCUT2D eigenvalue weighted by atomic mass is 10.1. The third kappa shape index (κ3) is 2.82. The number of nitrogens with two attached hydrogens (primary N) is 1. The molecule has 0 spiro atoms. The molecule has 104 valence electrons. The summed E-state index contributed by atoms with van der Waals surface area (Å²) in [7, 11) is 0. The molecule has 0 unspecified atom stereocenters. The van der Waals surface area contributed by atoms with Gasteiger partial charge in [0.15, 0.2) is 0 Å². The summed E-state index contributed by atoms with van der Waals surface area (Å²) in [6, 6.07) is 4.23. The first-order valence-electron chi connectivity index (χ1n) is 5.55. The van der Waals surface area contributed by atoms with Crippen LogP contribution in [0.15, 0.2) is 23.6 Å². The second kappa shape index (κ2) is 5.87. The minimum Gasteiger partial charge on any atom is -0.389 e. The van der Waals surface area contributed by atoms with Gasteiger partial charge in [-0.15, -0.1) is 11.3 Å². The largest absolute Gasteiger partial charge is 0.389 e. The first-order valence-corrected chi connectivity index (χ1v) is 7.21. The standard InChI is InChI=1S/C13H10ClFN2OS2/c1-6-5-20-11(10(6)14)13(18)17-8-4-2-3-7(15)9(8)12(16)19/h2-5H,1H3,(H2,16,19)(H,17,18). The van der Waals surface area contributed by atoms with Crippen molar-refractivity contribution < 1.29 is 9.18 Å². The van der Waals surface area contributed by atoms with E-state index in [1.807, 2.05) is 0 Å². The van der Waals surface area contributed by atoms with Crippen molar-refractivity contribution in [2.24, 2.45) is 5.73 Å². The van der Waals surface area contributed by atoms with E-state index in [4.69, 9.17) is 29.6 Å². The van der Waals surface area contributed by atoms with Crippen molar-refractivity contribution in [2.45, 2.75) is 6.92 Å². The van der Waals surface area contributed by atoms with Crippen LogP contribution in [0.25, 0.3) is 0 Å². The van der Waals surface area contributed by atoms with Crippen molar-refractivity contribution in [1.29, 1.82) is 0 Å². The number of benzene rings is 1. The summed E-state index contributed by atoms with van der Waals surface area (Å²) in [5, 5.41) is 4.75. The van der Waals surface area contributed by atoms with Gasteiger partial charge in [-0.25, -0.2) is 4.39 Å². The van der Waals surface area contributed by atoms with Gasteiger partial charge in [-0.3, -0.25) is 4.79 Å². The number of nitrogens with one attached hydrogen (secondary N) is 1. The maximum absolute atomic E-state index is 13.7. The van der Waals surface area contributed by atoms with Crippen molar-refractivity contribution >= 4 is 51.7 Å². The van der Waals surface area contributed by atoms with Crippen LogP contribution < -0.4 is 11.1 Å². The zero-order valence-electron chi connectivity index (χ0n) is 10.4. The van der Waals surface area contributed by atoms with E-state index in [9.17, 15) is 9.18 Å². The number of carbonyl (C=O) groups excluding carboxylic acids is 1. The molecule has 0 aliphatic carbocycles. The average molecular weight is 329 g/mol.